The van der Waals surface area contributed by atoms with Crippen molar-refractivity contribution in [3.8, 4) is 0 Å². The molecule has 1 aromatic carbocycles. The summed E-state index contributed by atoms with van der Waals surface area (Å²) >= 11 is 0. The van der Waals surface area contributed by atoms with Gasteiger partial charge < -0.3 is 9.64 Å². The maximum atomic E-state index is 13.0. The summed E-state index contributed by atoms with van der Waals surface area (Å²) in [5.74, 6) is -1.46. The first-order valence-electron chi connectivity index (χ1n) is 5.80. The van der Waals surface area contributed by atoms with Gasteiger partial charge in [-0.2, -0.15) is 0 Å². The fourth-order valence-electron chi connectivity index (χ4n) is 1.61. The molecule has 0 N–H and O–H groups in total. The molecular formula is C13H17F2NO2. The van der Waals surface area contributed by atoms with Crippen LogP contribution in [0.15, 0.2) is 18.2 Å². The van der Waals surface area contributed by atoms with Crippen LogP contribution in [0.1, 0.15) is 18.9 Å². The molecule has 0 heterocycles. The van der Waals surface area contributed by atoms with Crippen molar-refractivity contribution in [2.45, 2.75) is 19.9 Å². The summed E-state index contributed by atoms with van der Waals surface area (Å²) in [6, 6.07) is 3.40. The van der Waals surface area contributed by atoms with E-state index in [1.165, 1.54) is 12.1 Å². The topological polar surface area (TPSA) is 29.5 Å². The molecule has 1 aromatic rings. The van der Waals surface area contributed by atoms with Gasteiger partial charge in [0, 0.05) is 19.2 Å². The number of nitrogens with zero attached hydrogens (tertiary/aromatic N) is 1. The summed E-state index contributed by atoms with van der Waals surface area (Å²) in [5.41, 5.74) is 0.541. The van der Waals surface area contributed by atoms with Crippen molar-refractivity contribution in [3.05, 3.63) is 35.4 Å². The Kier molecular flexibility index (Phi) is 5.71. The molecule has 0 bridgehead atoms. The number of halogens is 2. The Hall–Kier alpha value is -1.49. The molecule has 0 saturated heterocycles. The Morgan fingerprint density at radius 1 is 1.28 bits per heavy atom. The van der Waals surface area contributed by atoms with Gasteiger partial charge in [0.1, 0.15) is 11.6 Å². The van der Waals surface area contributed by atoms with Gasteiger partial charge in [-0.25, -0.2) is 8.78 Å². The van der Waals surface area contributed by atoms with E-state index < -0.39 is 11.6 Å². The van der Waals surface area contributed by atoms with Crippen molar-refractivity contribution < 1.29 is 18.3 Å². The van der Waals surface area contributed by atoms with Crippen LogP contribution in [-0.4, -0.2) is 31.1 Å². The smallest absolute Gasteiger partial charge is 0.307 e. The minimum atomic E-state index is -0.594. The Bertz CT molecular complexity index is 390. The van der Waals surface area contributed by atoms with E-state index >= 15 is 0 Å². The van der Waals surface area contributed by atoms with E-state index in [1.807, 2.05) is 4.90 Å². The molecule has 0 aliphatic heterocycles. The van der Waals surface area contributed by atoms with Crippen molar-refractivity contribution >= 4 is 5.97 Å². The maximum Gasteiger partial charge on any atom is 0.307 e. The second kappa shape index (κ2) is 7.06. The van der Waals surface area contributed by atoms with E-state index in [9.17, 15) is 13.6 Å². The van der Waals surface area contributed by atoms with Crippen LogP contribution in [0.3, 0.4) is 0 Å². The third kappa shape index (κ3) is 5.23. The largest absolute Gasteiger partial charge is 0.466 e. The summed E-state index contributed by atoms with van der Waals surface area (Å²) in [7, 11) is 1.78. The zero-order valence-corrected chi connectivity index (χ0v) is 10.6. The van der Waals surface area contributed by atoms with Crippen LogP contribution in [-0.2, 0) is 16.1 Å². The molecule has 0 aromatic heterocycles. The lowest BCUT2D eigenvalue weighted by molar-refractivity contribution is -0.143. The van der Waals surface area contributed by atoms with Crippen molar-refractivity contribution in [1.29, 1.82) is 0 Å². The summed E-state index contributed by atoms with van der Waals surface area (Å²) < 4.78 is 30.7. The highest BCUT2D eigenvalue weighted by molar-refractivity contribution is 5.69. The molecule has 0 radical (unpaired) electrons. The molecule has 0 fully saturated rings. The van der Waals surface area contributed by atoms with Crippen LogP contribution in [0.4, 0.5) is 8.78 Å². The Morgan fingerprint density at radius 3 is 2.44 bits per heavy atom. The quantitative estimate of drug-likeness (QED) is 0.733. The first-order valence-corrected chi connectivity index (χ1v) is 5.80. The van der Waals surface area contributed by atoms with E-state index in [0.29, 0.717) is 25.3 Å². The normalized spacial score (nSPS) is 10.7. The lowest BCUT2D eigenvalue weighted by atomic mass is 10.2. The van der Waals surface area contributed by atoms with E-state index in [4.69, 9.17) is 4.74 Å². The molecule has 3 nitrogen and oxygen atoms in total. The van der Waals surface area contributed by atoms with E-state index in [0.717, 1.165) is 6.07 Å². The molecule has 0 aliphatic carbocycles. The average molecular weight is 257 g/mol. The van der Waals surface area contributed by atoms with Gasteiger partial charge >= 0.3 is 5.97 Å². The minimum Gasteiger partial charge on any atom is -0.466 e. The molecule has 0 aliphatic rings. The van der Waals surface area contributed by atoms with Gasteiger partial charge in [-0.15, -0.1) is 0 Å². The van der Waals surface area contributed by atoms with Gasteiger partial charge in [-0.05, 0) is 31.7 Å². The number of benzene rings is 1. The Labute approximate surface area is 105 Å². The molecule has 18 heavy (non-hydrogen) atoms. The number of carbonyl (C=O) groups is 1. The van der Waals surface area contributed by atoms with Crippen LogP contribution in [0.2, 0.25) is 0 Å². The first-order chi connectivity index (χ1) is 8.51. The molecule has 1 rings (SSSR count). The van der Waals surface area contributed by atoms with Crippen LogP contribution in [0, 0.1) is 11.6 Å². The second-order valence-electron chi connectivity index (χ2n) is 4.07. The molecule has 0 atom stereocenters. The molecule has 100 valence electrons. The fourth-order valence-corrected chi connectivity index (χ4v) is 1.61. The summed E-state index contributed by atoms with van der Waals surface area (Å²) in [4.78, 5) is 12.9. The number of rotatable bonds is 6. The van der Waals surface area contributed by atoms with Gasteiger partial charge in [0.2, 0.25) is 0 Å². The number of hydrogen-bond acceptors (Lipinski definition) is 3. The predicted molar refractivity (Wildman–Crippen MR) is 63.9 cm³/mol. The molecular weight excluding hydrogens is 240 g/mol. The highest BCUT2D eigenvalue weighted by Gasteiger charge is 2.07. The Morgan fingerprint density at radius 2 is 1.89 bits per heavy atom. The van der Waals surface area contributed by atoms with Gasteiger partial charge in [0.15, 0.2) is 0 Å². The third-order valence-electron chi connectivity index (χ3n) is 2.38. The average Bonchev–Trinajstić information content (AvgIpc) is 2.25. The number of ether oxygens (including phenoxy) is 1. The van der Waals surface area contributed by atoms with Crippen LogP contribution < -0.4 is 0 Å². The molecule has 0 unspecified atom stereocenters. The summed E-state index contributed by atoms with van der Waals surface area (Å²) in [6.45, 7) is 2.97. The van der Waals surface area contributed by atoms with E-state index in [-0.39, 0.29) is 12.4 Å². The molecule has 0 amide bonds. The second-order valence-corrected chi connectivity index (χ2v) is 4.07. The highest BCUT2D eigenvalue weighted by atomic mass is 19.1. The van der Waals surface area contributed by atoms with E-state index in [2.05, 4.69) is 0 Å². The first kappa shape index (κ1) is 14.6. The van der Waals surface area contributed by atoms with Crippen molar-refractivity contribution in [3.63, 3.8) is 0 Å². The van der Waals surface area contributed by atoms with Gasteiger partial charge in [-0.1, -0.05) is 0 Å². The molecule has 0 spiro atoms. The predicted octanol–water partition coefficient (Wildman–Crippen LogP) is 2.35. The van der Waals surface area contributed by atoms with Gasteiger partial charge in [0.25, 0.3) is 0 Å². The van der Waals surface area contributed by atoms with Crippen LogP contribution >= 0.6 is 0 Å². The van der Waals surface area contributed by atoms with E-state index in [1.54, 1.807) is 14.0 Å². The lowest BCUT2D eigenvalue weighted by Gasteiger charge is -2.16. The summed E-state index contributed by atoms with van der Waals surface area (Å²) in [6.07, 6.45) is 0.266. The van der Waals surface area contributed by atoms with Crippen molar-refractivity contribution in [2.24, 2.45) is 0 Å². The number of esters is 1. The van der Waals surface area contributed by atoms with Gasteiger partial charge in [-0.3, -0.25) is 4.79 Å². The van der Waals surface area contributed by atoms with Crippen molar-refractivity contribution in [1.82, 2.24) is 4.90 Å². The minimum absolute atomic E-state index is 0.266. The van der Waals surface area contributed by atoms with Gasteiger partial charge in [0.05, 0.1) is 13.0 Å². The molecule has 5 heteroatoms. The monoisotopic (exact) mass is 257 g/mol. The third-order valence-corrected chi connectivity index (χ3v) is 2.38. The zero-order chi connectivity index (χ0) is 13.5. The molecule has 0 saturated carbocycles. The number of carbonyl (C=O) groups excluding carboxylic acids is 1. The highest BCUT2D eigenvalue weighted by Crippen LogP contribution is 2.10. The summed E-state index contributed by atoms with van der Waals surface area (Å²) in [5, 5.41) is 0. The van der Waals surface area contributed by atoms with Crippen LogP contribution in [0.5, 0.6) is 0 Å². The Balaban J connectivity index is 2.44. The SMILES string of the molecule is CCOC(=O)CCN(C)Cc1cc(F)cc(F)c1. The lowest BCUT2D eigenvalue weighted by Crippen LogP contribution is -2.22. The standard InChI is InChI=1S/C13H17F2NO2/c1-3-18-13(17)4-5-16(2)9-10-6-11(14)8-12(15)7-10/h6-8H,3-5,9H2,1-2H3. The zero-order valence-electron chi connectivity index (χ0n) is 10.6. The van der Waals surface area contributed by atoms with Crippen molar-refractivity contribution in [2.75, 3.05) is 20.2 Å². The fraction of sp³-hybridized carbons (Fsp3) is 0.462. The number of hydrogen-bond donors (Lipinski definition) is 0. The van der Waals surface area contributed by atoms with Crippen LogP contribution in [0.25, 0.3) is 0 Å². The maximum absolute atomic E-state index is 13.0.